The van der Waals surface area contributed by atoms with Gasteiger partial charge in [-0.05, 0) is 31.5 Å². The molecule has 2 aromatic rings. The number of esters is 1. The van der Waals surface area contributed by atoms with Crippen molar-refractivity contribution in [3.8, 4) is 11.1 Å². The third-order valence-corrected chi connectivity index (χ3v) is 4.02. The number of hydrogen-bond acceptors (Lipinski definition) is 5. The fourth-order valence-electron chi connectivity index (χ4n) is 2.77. The first-order valence-electron chi connectivity index (χ1n) is 8.98. The van der Waals surface area contributed by atoms with Crippen LogP contribution in [0.2, 0.25) is 0 Å². The van der Waals surface area contributed by atoms with Gasteiger partial charge in [-0.3, -0.25) is 14.4 Å². The van der Waals surface area contributed by atoms with Crippen LogP contribution in [0.4, 0.5) is 4.39 Å². The lowest BCUT2D eigenvalue weighted by molar-refractivity contribution is -0.119. The second kappa shape index (κ2) is 9.63. The number of hydrogen-bond donors (Lipinski definition) is 3. The van der Waals surface area contributed by atoms with Crippen molar-refractivity contribution in [3.63, 3.8) is 0 Å². The van der Waals surface area contributed by atoms with E-state index >= 15 is 0 Å². The number of aromatic amines is 1. The molecule has 9 heteroatoms. The number of ketones is 1. The number of carbonyl (C=O) groups is 4. The largest absolute Gasteiger partial charge is 0.462 e. The average molecular weight is 403 g/mol. The van der Waals surface area contributed by atoms with Crippen molar-refractivity contribution in [1.29, 1.82) is 0 Å². The molecular weight excluding hydrogens is 381 g/mol. The topological polar surface area (TPSA) is 117 Å². The maximum atomic E-state index is 13.3. The molecule has 0 atom stereocenters. The number of aryl methyl sites for hydroxylation is 1. The van der Waals surface area contributed by atoms with E-state index in [1.165, 1.54) is 31.2 Å². The molecule has 1 heterocycles. The molecule has 0 aliphatic heterocycles. The highest BCUT2D eigenvalue weighted by atomic mass is 19.1. The van der Waals surface area contributed by atoms with Crippen molar-refractivity contribution in [2.24, 2.45) is 0 Å². The normalized spacial score (nSPS) is 10.3. The highest BCUT2D eigenvalue weighted by molar-refractivity contribution is 6.43. The van der Waals surface area contributed by atoms with Gasteiger partial charge in [-0.25, -0.2) is 9.18 Å². The van der Waals surface area contributed by atoms with E-state index in [1.54, 1.807) is 13.8 Å². The van der Waals surface area contributed by atoms with Crippen LogP contribution < -0.4 is 10.6 Å². The number of Topliss-reactive ketones (excluding diaryl/α,β-unsaturated/α-hetero) is 1. The molecule has 0 fully saturated rings. The number of rotatable bonds is 8. The number of benzene rings is 1. The quantitative estimate of drug-likeness (QED) is 0.269. The van der Waals surface area contributed by atoms with Gasteiger partial charge in [-0.2, -0.15) is 0 Å². The lowest BCUT2D eigenvalue weighted by Crippen LogP contribution is -2.37. The Bertz CT molecular complexity index is 934. The van der Waals surface area contributed by atoms with Crippen molar-refractivity contribution in [2.75, 3.05) is 19.7 Å². The number of ether oxygens (including phenoxy) is 1. The summed E-state index contributed by atoms with van der Waals surface area (Å²) in [4.78, 5) is 51.1. The number of nitrogens with one attached hydrogen (secondary N) is 3. The van der Waals surface area contributed by atoms with Gasteiger partial charge in [0.2, 0.25) is 5.91 Å². The molecule has 0 spiro atoms. The van der Waals surface area contributed by atoms with Crippen LogP contribution in [0, 0.1) is 12.7 Å². The minimum absolute atomic E-state index is 0.0560. The third-order valence-electron chi connectivity index (χ3n) is 4.02. The van der Waals surface area contributed by atoms with Crippen LogP contribution in [0.5, 0.6) is 0 Å². The highest BCUT2D eigenvalue weighted by Crippen LogP contribution is 2.31. The molecule has 29 heavy (non-hydrogen) atoms. The molecule has 8 nitrogen and oxygen atoms in total. The Morgan fingerprint density at radius 1 is 1.07 bits per heavy atom. The van der Waals surface area contributed by atoms with E-state index in [1.807, 2.05) is 0 Å². The molecule has 0 aliphatic carbocycles. The lowest BCUT2D eigenvalue weighted by atomic mass is 9.98. The zero-order valence-corrected chi connectivity index (χ0v) is 16.3. The molecule has 0 aliphatic rings. The van der Waals surface area contributed by atoms with Gasteiger partial charge < -0.3 is 20.4 Å². The molecular formula is C20H22FN3O5. The van der Waals surface area contributed by atoms with Crippen LogP contribution in [-0.2, 0) is 14.3 Å². The predicted molar refractivity (Wildman–Crippen MR) is 103 cm³/mol. The van der Waals surface area contributed by atoms with E-state index in [4.69, 9.17) is 4.74 Å². The Labute approximate surface area is 166 Å². The zero-order valence-electron chi connectivity index (χ0n) is 16.3. The summed E-state index contributed by atoms with van der Waals surface area (Å²) >= 11 is 0. The van der Waals surface area contributed by atoms with Crippen molar-refractivity contribution in [1.82, 2.24) is 15.6 Å². The van der Waals surface area contributed by atoms with Crippen LogP contribution in [0.25, 0.3) is 11.1 Å². The Balaban J connectivity index is 2.40. The fourth-order valence-corrected chi connectivity index (χ4v) is 2.77. The van der Waals surface area contributed by atoms with Crippen LogP contribution in [-0.4, -0.2) is 48.2 Å². The van der Waals surface area contributed by atoms with Gasteiger partial charge in [-0.15, -0.1) is 0 Å². The summed E-state index contributed by atoms with van der Waals surface area (Å²) < 4.78 is 18.4. The first-order valence-corrected chi connectivity index (χ1v) is 8.98. The summed E-state index contributed by atoms with van der Waals surface area (Å²) in [6.07, 6.45) is 0. The van der Waals surface area contributed by atoms with E-state index in [9.17, 15) is 23.6 Å². The van der Waals surface area contributed by atoms with Crippen LogP contribution in [0.15, 0.2) is 24.3 Å². The molecule has 1 aromatic heterocycles. The zero-order chi connectivity index (χ0) is 21.6. The van der Waals surface area contributed by atoms with E-state index in [0.29, 0.717) is 11.3 Å². The van der Waals surface area contributed by atoms with E-state index in [2.05, 4.69) is 15.6 Å². The molecule has 3 N–H and O–H groups in total. The summed E-state index contributed by atoms with van der Waals surface area (Å²) in [5.41, 5.74) is 0.898. The third kappa shape index (κ3) is 5.28. The summed E-state index contributed by atoms with van der Waals surface area (Å²) in [6.45, 7) is 4.90. The van der Waals surface area contributed by atoms with Gasteiger partial charge in [0.1, 0.15) is 11.5 Å². The first kappa shape index (κ1) is 21.8. The standard InChI is InChI=1S/C20H22FN3O5/c1-4-29-20(28)15-11(2)24-17(16(15)13-5-7-14(21)8-6-13)18(26)19(27)23-10-9-22-12(3)25/h5-8,24H,4,9-10H2,1-3H3,(H,22,25)(H,23,27). The molecule has 0 bridgehead atoms. The second-order valence-electron chi connectivity index (χ2n) is 6.17. The van der Waals surface area contributed by atoms with Gasteiger partial charge in [-0.1, -0.05) is 12.1 Å². The SMILES string of the molecule is CCOC(=O)c1c(C)[nH]c(C(=O)C(=O)NCCNC(C)=O)c1-c1ccc(F)cc1. The number of amides is 2. The molecule has 0 radical (unpaired) electrons. The van der Waals surface area contributed by atoms with E-state index < -0.39 is 23.5 Å². The van der Waals surface area contributed by atoms with E-state index in [0.717, 1.165) is 0 Å². The molecule has 0 saturated carbocycles. The van der Waals surface area contributed by atoms with Crippen molar-refractivity contribution < 1.29 is 28.3 Å². The number of H-pyrrole nitrogens is 1. The number of carbonyl (C=O) groups excluding carboxylic acids is 4. The van der Waals surface area contributed by atoms with Gasteiger partial charge in [0.05, 0.1) is 12.2 Å². The van der Waals surface area contributed by atoms with Gasteiger partial charge in [0, 0.05) is 31.3 Å². The van der Waals surface area contributed by atoms with Gasteiger partial charge in [0.25, 0.3) is 11.7 Å². The molecule has 0 saturated heterocycles. The molecule has 1 aromatic carbocycles. The lowest BCUT2D eigenvalue weighted by Gasteiger charge is -2.08. The summed E-state index contributed by atoms with van der Waals surface area (Å²) in [7, 11) is 0. The smallest absolute Gasteiger partial charge is 0.340 e. The Morgan fingerprint density at radius 3 is 2.28 bits per heavy atom. The van der Waals surface area contributed by atoms with Crippen molar-refractivity contribution in [2.45, 2.75) is 20.8 Å². The summed E-state index contributed by atoms with van der Waals surface area (Å²) in [5.74, 6) is -3.21. The summed E-state index contributed by atoms with van der Waals surface area (Å²) in [6, 6.07) is 5.20. The number of halogens is 1. The minimum Gasteiger partial charge on any atom is -0.462 e. The Hall–Kier alpha value is -3.49. The molecule has 2 amide bonds. The molecule has 2 rings (SSSR count). The van der Waals surface area contributed by atoms with Crippen LogP contribution in [0.3, 0.4) is 0 Å². The first-order chi connectivity index (χ1) is 13.8. The summed E-state index contributed by atoms with van der Waals surface area (Å²) in [5, 5.41) is 4.90. The van der Waals surface area contributed by atoms with Crippen molar-refractivity contribution in [3.05, 3.63) is 47.0 Å². The maximum Gasteiger partial charge on any atom is 0.340 e. The fraction of sp³-hybridized carbons (Fsp3) is 0.300. The van der Waals surface area contributed by atoms with Crippen LogP contribution in [0.1, 0.15) is 40.4 Å². The molecule has 0 unspecified atom stereocenters. The monoisotopic (exact) mass is 403 g/mol. The Morgan fingerprint density at radius 2 is 1.69 bits per heavy atom. The van der Waals surface area contributed by atoms with E-state index in [-0.39, 0.29) is 42.4 Å². The Kier molecular flexibility index (Phi) is 7.24. The van der Waals surface area contributed by atoms with Crippen LogP contribution >= 0.6 is 0 Å². The predicted octanol–water partition coefficient (Wildman–Crippen LogP) is 1.74. The number of aromatic nitrogens is 1. The van der Waals surface area contributed by atoms with Crippen molar-refractivity contribution >= 4 is 23.6 Å². The second-order valence-corrected chi connectivity index (χ2v) is 6.17. The average Bonchev–Trinajstić information content (AvgIpc) is 3.02. The van der Waals surface area contributed by atoms with Gasteiger partial charge >= 0.3 is 5.97 Å². The molecule has 154 valence electrons. The minimum atomic E-state index is -0.907. The highest BCUT2D eigenvalue weighted by Gasteiger charge is 2.29. The maximum absolute atomic E-state index is 13.3. The van der Waals surface area contributed by atoms with Gasteiger partial charge in [0.15, 0.2) is 0 Å².